The quantitative estimate of drug-likeness (QED) is 0.463. The van der Waals surface area contributed by atoms with Crippen molar-refractivity contribution in [3.63, 3.8) is 0 Å². The van der Waals surface area contributed by atoms with Gasteiger partial charge in [0.2, 0.25) is 5.91 Å². The van der Waals surface area contributed by atoms with Crippen molar-refractivity contribution in [1.82, 2.24) is 14.8 Å². The van der Waals surface area contributed by atoms with E-state index in [1.807, 2.05) is 70.5 Å². The van der Waals surface area contributed by atoms with Crippen molar-refractivity contribution in [3.8, 4) is 0 Å². The van der Waals surface area contributed by atoms with Gasteiger partial charge < -0.3 is 14.5 Å². The summed E-state index contributed by atoms with van der Waals surface area (Å²) in [4.78, 5) is 36.9. The predicted molar refractivity (Wildman–Crippen MR) is 150 cm³/mol. The van der Waals surface area contributed by atoms with Gasteiger partial charge in [-0.2, -0.15) is 0 Å². The van der Waals surface area contributed by atoms with Crippen LogP contribution in [0.5, 0.6) is 0 Å². The van der Waals surface area contributed by atoms with Crippen LogP contribution in [0.4, 0.5) is 5.69 Å². The fourth-order valence-corrected chi connectivity index (χ4v) is 4.96. The molecule has 38 heavy (non-hydrogen) atoms. The molecular weight excluding hydrogens is 500 g/mol. The van der Waals surface area contributed by atoms with Gasteiger partial charge in [0.05, 0.1) is 6.42 Å². The number of amides is 2. The van der Waals surface area contributed by atoms with Crippen LogP contribution in [0.25, 0.3) is 0 Å². The van der Waals surface area contributed by atoms with Crippen LogP contribution in [0.1, 0.15) is 29.5 Å². The van der Waals surface area contributed by atoms with E-state index in [-0.39, 0.29) is 24.8 Å². The van der Waals surface area contributed by atoms with Crippen LogP contribution in [-0.2, 0) is 33.8 Å². The van der Waals surface area contributed by atoms with Gasteiger partial charge in [-0.1, -0.05) is 48.0 Å². The summed E-state index contributed by atoms with van der Waals surface area (Å²) in [7, 11) is 1.53. The minimum atomic E-state index is -0.0884. The molecule has 8 heteroatoms. The van der Waals surface area contributed by atoms with Gasteiger partial charge >= 0.3 is 0 Å². The molecule has 0 bridgehead atoms. The number of carbonyl (C=O) groups is 2. The molecule has 0 N–H and O–H groups in total. The Morgan fingerprint density at radius 2 is 1.66 bits per heavy atom. The number of ether oxygens (including phenoxy) is 1. The molecule has 0 fully saturated rings. The molecule has 7 nitrogen and oxygen atoms in total. The average Bonchev–Trinajstić information content (AvgIpc) is 2.92. The maximum absolute atomic E-state index is 13.5. The summed E-state index contributed by atoms with van der Waals surface area (Å²) >= 11 is 6.09. The SMILES string of the molecule is COCC(=O)N1CCCN(Cc2ccc(Cl)cc2)CCCN(C(=O)Cc2cccnc2)Cc2ccccc21. The third-order valence-electron chi connectivity index (χ3n) is 6.72. The monoisotopic (exact) mass is 534 g/mol. The van der Waals surface area contributed by atoms with E-state index < -0.39 is 0 Å². The molecule has 2 amide bonds. The fraction of sp³-hybridized carbons (Fsp3) is 0.367. The van der Waals surface area contributed by atoms with Crippen molar-refractivity contribution < 1.29 is 14.3 Å². The minimum absolute atomic E-state index is 0.00642. The van der Waals surface area contributed by atoms with E-state index in [4.69, 9.17) is 16.3 Å². The first kappa shape index (κ1) is 27.8. The molecule has 4 rings (SSSR count). The second-order valence-electron chi connectivity index (χ2n) is 9.57. The van der Waals surface area contributed by atoms with Crippen molar-refractivity contribution in [3.05, 3.63) is 94.8 Å². The lowest BCUT2D eigenvalue weighted by Gasteiger charge is -2.31. The van der Waals surface area contributed by atoms with Crippen LogP contribution in [-0.4, -0.2) is 66.5 Å². The molecule has 0 aliphatic carbocycles. The van der Waals surface area contributed by atoms with Gasteiger partial charge in [0.15, 0.2) is 0 Å². The second kappa shape index (κ2) is 14.0. The Kier molecular flexibility index (Phi) is 10.3. The number of pyridine rings is 1. The first-order valence-electron chi connectivity index (χ1n) is 13.0. The average molecular weight is 535 g/mol. The van der Waals surface area contributed by atoms with Crippen LogP contribution in [0, 0.1) is 0 Å². The Balaban J connectivity index is 1.60. The highest BCUT2D eigenvalue weighted by atomic mass is 35.5. The van der Waals surface area contributed by atoms with E-state index in [1.54, 1.807) is 12.4 Å². The Morgan fingerprint density at radius 3 is 2.39 bits per heavy atom. The van der Waals surface area contributed by atoms with Gasteiger partial charge in [0.1, 0.15) is 6.61 Å². The highest BCUT2D eigenvalue weighted by Crippen LogP contribution is 2.24. The normalized spacial score (nSPS) is 15.3. The fourth-order valence-electron chi connectivity index (χ4n) is 4.83. The van der Waals surface area contributed by atoms with Gasteiger partial charge in [-0.25, -0.2) is 0 Å². The summed E-state index contributed by atoms with van der Waals surface area (Å²) in [5.74, 6) is -0.0432. The van der Waals surface area contributed by atoms with E-state index in [9.17, 15) is 9.59 Å². The van der Waals surface area contributed by atoms with Crippen molar-refractivity contribution in [2.45, 2.75) is 32.4 Å². The number of halogens is 1. The topological polar surface area (TPSA) is 66.0 Å². The van der Waals surface area contributed by atoms with E-state index in [0.717, 1.165) is 54.3 Å². The molecule has 0 atom stereocenters. The van der Waals surface area contributed by atoms with E-state index in [0.29, 0.717) is 19.6 Å². The van der Waals surface area contributed by atoms with E-state index >= 15 is 0 Å². The number of methoxy groups -OCH3 is 1. The number of para-hydroxylation sites is 1. The summed E-state index contributed by atoms with van der Waals surface area (Å²) in [5.41, 5.74) is 3.86. The van der Waals surface area contributed by atoms with Crippen LogP contribution < -0.4 is 4.90 Å². The summed E-state index contributed by atoms with van der Waals surface area (Å²) in [6.45, 7) is 4.08. The molecule has 2 aromatic carbocycles. The molecule has 200 valence electrons. The van der Waals surface area contributed by atoms with Crippen LogP contribution in [0.2, 0.25) is 5.02 Å². The summed E-state index contributed by atoms with van der Waals surface area (Å²) in [5, 5.41) is 0.719. The minimum Gasteiger partial charge on any atom is -0.375 e. The molecule has 1 aromatic heterocycles. The Labute approximate surface area is 230 Å². The summed E-state index contributed by atoms with van der Waals surface area (Å²) < 4.78 is 5.20. The number of benzene rings is 2. The van der Waals surface area contributed by atoms with Crippen LogP contribution in [0.15, 0.2) is 73.1 Å². The van der Waals surface area contributed by atoms with Gasteiger partial charge in [-0.05, 0) is 53.8 Å². The number of anilines is 1. The number of carbonyl (C=O) groups excluding carboxylic acids is 2. The molecule has 0 radical (unpaired) electrons. The summed E-state index contributed by atoms with van der Waals surface area (Å²) in [6.07, 6.45) is 5.40. The van der Waals surface area contributed by atoms with Crippen molar-refractivity contribution in [1.29, 1.82) is 0 Å². The maximum Gasteiger partial charge on any atom is 0.252 e. The Bertz CT molecular complexity index is 1190. The number of rotatable bonds is 6. The third-order valence-corrected chi connectivity index (χ3v) is 6.97. The van der Waals surface area contributed by atoms with E-state index in [1.165, 1.54) is 12.7 Å². The Morgan fingerprint density at radius 1 is 0.895 bits per heavy atom. The largest absolute Gasteiger partial charge is 0.375 e. The van der Waals surface area contributed by atoms with Crippen molar-refractivity contribution in [2.24, 2.45) is 0 Å². The van der Waals surface area contributed by atoms with Gasteiger partial charge in [-0.3, -0.25) is 19.5 Å². The number of nitrogens with zero attached hydrogens (tertiary/aromatic N) is 4. The van der Waals surface area contributed by atoms with Crippen LogP contribution >= 0.6 is 11.6 Å². The van der Waals surface area contributed by atoms with Crippen molar-refractivity contribution in [2.75, 3.05) is 44.8 Å². The number of fused-ring (bicyclic) bond motifs is 1. The zero-order chi connectivity index (χ0) is 26.7. The molecule has 0 spiro atoms. The Hall–Kier alpha value is -3.26. The zero-order valence-corrected chi connectivity index (χ0v) is 22.6. The second-order valence-corrected chi connectivity index (χ2v) is 10.0. The smallest absolute Gasteiger partial charge is 0.252 e. The molecule has 0 unspecified atom stereocenters. The van der Waals surface area contributed by atoms with E-state index in [2.05, 4.69) is 9.88 Å². The molecule has 2 heterocycles. The lowest BCUT2D eigenvalue weighted by Crippen LogP contribution is -2.40. The number of hydrogen-bond acceptors (Lipinski definition) is 5. The highest BCUT2D eigenvalue weighted by Gasteiger charge is 2.23. The molecule has 1 aliphatic rings. The molecule has 3 aromatic rings. The lowest BCUT2D eigenvalue weighted by molar-refractivity contribution is -0.131. The molecule has 1 aliphatic heterocycles. The van der Waals surface area contributed by atoms with Crippen molar-refractivity contribution >= 4 is 29.1 Å². The first-order chi connectivity index (χ1) is 18.5. The molecule has 0 saturated carbocycles. The number of aromatic nitrogens is 1. The maximum atomic E-state index is 13.5. The summed E-state index contributed by atoms with van der Waals surface area (Å²) in [6, 6.07) is 19.6. The third kappa shape index (κ3) is 7.87. The molecular formula is C30H35ClN4O3. The van der Waals surface area contributed by atoms with Gasteiger partial charge in [-0.15, -0.1) is 0 Å². The zero-order valence-electron chi connectivity index (χ0n) is 21.9. The first-order valence-corrected chi connectivity index (χ1v) is 13.4. The standard InChI is InChI=1S/C30H35ClN4O3/c1-38-23-30(37)35-18-6-16-33(21-24-10-12-27(31)13-11-24)15-5-17-34(22-26-8-2-3-9-28(26)35)29(36)19-25-7-4-14-32-20-25/h2-4,7-14,20H,5-6,15-19,21-23H2,1H3. The lowest BCUT2D eigenvalue weighted by atomic mass is 10.1. The number of hydrogen-bond donors (Lipinski definition) is 0. The van der Waals surface area contributed by atoms with Gasteiger partial charge in [0.25, 0.3) is 5.91 Å². The van der Waals surface area contributed by atoms with Gasteiger partial charge in [0, 0.05) is 69.5 Å². The van der Waals surface area contributed by atoms with Crippen LogP contribution in [0.3, 0.4) is 0 Å². The highest BCUT2D eigenvalue weighted by molar-refractivity contribution is 6.30. The predicted octanol–water partition coefficient (Wildman–Crippen LogP) is 4.58. The molecule has 0 saturated heterocycles.